The van der Waals surface area contributed by atoms with Gasteiger partial charge >= 0.3 is 0 Å². The summed E-state index contributed by atoms with van der Waals surface area (Å²) in [5, 5.41) is 9.36. The smallest absolute Gasteiger partial charge is 0.247 e. The number of aliphatic hydroxyl groups excluding tert-OH is 1. The molecule has 1 saturated heterocycles. The summed E-state index contributed by atoms with van der Waals surface area (Å²) in [6.45, 7) is 5.75. The van der Waals surface area contributed by atoms with Gasteiger partial charge in [-0.1, -0.05) is 0 Å². The minimum atomic E-state index is -3.65. The maximum absolute atomic E-state index is 12.6. The van der Waals surface area contributed by atoms with E-state index in [2.05, 4.69) is 0 Å². The van der Waals surface area contributed by atoms with Gasteiger partial charge in [-0.3, -0.25) is 0 Å². The second-order valence-electron chi connectivity index (χ2n) is 4.72. The average Bonchev–Trinajstić information content (AvgIpc) is 2.64. The molecule has 6 nitrogen and oxygen atoms in total. The third-order valence-electron chi connectivity index (χ3n) is 3.28. The fraction of sp³-hybridized carbons (Fsp3) is 0.667. The van der Waals surface area contributed by atoms with E-state index >= 15 is 0 Å². The van der Waals surface area contributed by atoms with Gasteiger partial charge in [-0.25, -0.2) is 8.42 Å². The van der Waals surface area contributed by atoms with Crippen LogP contribution in [0.25, 0.3) is 0 Å². The first-order chi connectivity index (χ1) is 8.87. The highest BCUT2D eigenvalue weighted by Crippen LogP contribution is 2.30. The zero-order valence-electron chi connectivity index (χ0n) is 11.3. The molecule has 19 heavy (non-hydrogen) atoms. The zero-order valence-corrected chi connectivity index (χ0v) is 12.2. The zero-order chi connectivity index (χ0) is 14.2. The number of ether oxygens (including phenoxy) is 1. The molecule has 0 saturated carbocycles. The molecule has 108 valence electrons. The Balaban J connectivity index is 2.44. The molecule has 1 aliphatic heterocycles. The molecule has 7 heteroatoms. The Morgan fingerprint density at radius 2 is 2.05 bits per heavy atom. The molecule has 0 aliphatic carbocycles. The Morgan fingerprint density at radius 3 is 2.63 bits per heavy atom. The molecule has 2 rings (SSSR count). The Hall–Kier alpha value is -0.890. The SMILES string of the molecule is Cc1oc(C)c(S(=O)(=O)N2CCOC(C)C2)c1CO. The quantitative estimate of drug-likeness (QED) is 0.890. The Labute approximate surface area is 113 Å². The van der Waals surface area contributed by atoms with Gasteiger partial charge in [-0.15, -0.1) is 0 Å². The molecular formula is C12H19NO5S. The van der Waals surface area contributed by atoms with Crippen LogP contribution in [0, 0.1) is 13.8 Å². The third-order valence-corrected chi connectivity index (χ3v) is 5.35. The first-order valence-electron chi connectivity index (χ1n) is 6.19. The molecule has 1 aromatic rings. The fourth-order valence-corrected chi connectivity index (χ4v) is 4.27. The molecule has 0 radical (unpaired) electrons. The molecule has 1 atom stereocenters. The summed E-state index contributed by atoms with van der Waals surface area (Å²) in [5.74, 6) is 0.764. The molecule has 0 amide bonds. The van der Waals surface area contributed by atoms with Crippen LogP contribution in [-0.2, 0) is 21.4 Å². The second-order valence-corrected chi connectivity index (χ2v) is 6.60. The lowest BCUT2D eigenvalue weighted by Gasteiger charge is -2.30. The van der Waals surface area contributed by atoms with Crippen molar-refractivity contribution in [3.05, 3.63) is 17.1 Å². The van der Waals surface area contributed by atoms with E-state index in [9.17, 15) is 13.5 Å². The largest absolute Gasteiger partial charge is 0.465 e. The Kier molecular flexibility index (Phi) is 4.00. The number of rotatable bonds is 3. The summed E-state index contributed by atoms with van der Waals surface area (Å²) in [6.07, 6.45) is -0.130. The normalized spacial score (nSPS) is 21.8. The van der Waals surface area contributed by atoms with Crippen molar-refractivity contribution in [1.29, 1.82) is 0 Å². The molecular weight excluding hydrogens is 270 g/mol. The lowest BCUT2D eigenvalue weighted by Crippen LogP contribution is -2.44. The summed E-state index contributed by atoms with van der Waals surface area (Å²) < 4.78 is 37.4. The number of furan rings is 1. The van der Waals surface area contributed by atoms with E-state index < -0.39 is 10.0 Å². The molecule has 2 heterocycles. The molecule has 0 bridgehead atoms. The van der Waals surface area contributed by atoms with Crippen molar-refractivity contribution in [3.63, 3.8) is 0 Å². The van der Waals surface area contributed by atoms with Gasteiger partial charge in [0, 0.05) is 18.7 Å². The summed E-state index contributed by atoms with van der Waals surface area (Å²) in [6, 6.07) is 0. The maximum atomic E-state index is 12.6. The van der Waals surface area contributed by atoms with Crippen molar-refractivity contribution in [1.82, 2.24) is 4.31 Å². The molecule has 0 aromatic carbocycles. The molecule has 1 aliphatic rings. The Bertz CT molecular complexity index is 563. The third kappa shape index (κ3) is 2.55. The Morgan fingerprint density at radius 1 is 1.37 bits per heavy atom. The van der Waals surface area contributed by atoms with E-state index in [0.29, 0.717) is 36.8 Å². The van der Waals surface area contributed by atoms with Gasteiger partial charge in [-0.2, -0.15) is 4.31 Å². The number of sulfonamides is 1. The minimum Gasteiger partial charge on any atom is -0.465 e. The van der Waals surface area contributed by atoms with Gasteiger partial charge in [0.05, 0.1) is 19.3 Å². The van der Waals surface area contributed by atoms with Crippen molar-refractivity contribution < 1.29 is 22.7 Å². The van der Waals surface area contributed by atoms with Crippen LogP contribution in [-0.4, -0.2) is 43.6 Å². The van der Waals surface area contributed by atoms with E-state index in [-0.39, 0.29) is 17.6 Å². The maximum Gasteiger partial charge on any atom is 0.247 e. The van der Waals surface area contributed by atoms with E-state index in [4.69, 9.17) is 9.15 Å². The number of morpholine rings is 1. The summed E-state index contributed by atoms with van der Waals surface area (Å²) in [7, 11) is -3.65. The lowest BCUT2D eigenvalue weighted by atomic mass is 10.2. The van der Waals surface area contributed by atoms with Crippen molar-refractivity contribution in [3.8, 4) is 0 Å². The highest BCUT2D eigenvalue weighted by Gasteiger charge is 2.34. The van der Waals surface area contributed by atoms with E-state index in [1.54, 1.807) is 13.8 Å². The number of aliphatic hydroxyl groups is 1. The number of hydrogen-bond acceptors (Lipinski definition) is 5. The van der Waals surface area contributed by atoms with Crippen LogP contribution in [0.15, 0.2) is 9.31 Å². The minimum absolute atomic E-state index is 0.0987. The van der Waals surface area contributed by atoms with Gasteiger partial charge < -0.3 is 14.3 Å². The van der Waals surface area contributed by atoms with Gasteiger partial charge in [0.2, 0.25) is 10.0 Å². The molecule has 1 N–H and O–H groups in total. The fourth-order valence-electron chi connectivity index (χ4n) is 2.36. The summed E-state index contributed by atoms with van der Waals surface area (Å²) in [4.78, 5) is 0.0987. The summed E-state index contributed by atoms with van der Waals surface area (Å²) in [5.41, 5.74) is 0.344. The monoisotopic (exact) mass is 289 g/mol. The van der Waals surface area contributed by atoms with Crippen LogP contribution in [0.3, 0.4) is 0 Å². The molecule has 1 unspecified atom stereocenters. The van der Waals surface area contributed by atoms with Gasteiger partial charge in [0.1, 0.15) is 16.4 Å². The van der Waals surface area contributed by atoms with Crippen molar-refractivity contribution in [2.45, 2.75) is 38.4 Å². The van der Waals surface area contributed by atoms with Crippen molar-refractivity contribution >= 4 is 10.0 Å². The average molecular weight is 289 g/mol. The van der Waals surface area contributed by atoms with Gasteiger partial charge in [0.15, 0.2) is 0 Å². The van der Waals surface area contributed by atoms with Crippen molar-refractivity contribution in [2.24, 2.45) is 0 Å². The van der Waals surface area contributed by atoms with Crippen LogP contribution in [0.5, 0.6) is 0 Å². The summed E-state index contributed by atoms with van der Waals surface area (Å²) >= 11 is 0. The molecule has 0 spiro atoms. The lowest BCUT2D eigenvalue weighted by molar-refractivity contribution is 0.0101. The first-order valence-corrected chi connectivity index (χ1v) is 7.63. The van der Waals surface area contributed by atoms with Crippen LogP contribution in [0.1, 0.15) is 24.0 Å². The first kappa shape index (κ1) is 14.5. The van der Waals surface area contributed by atoms with Crippen molar-refractivity contribution in [2.75, 3.05) is 19.7 Å². The number of hydrogen-bond donors (Lipinski definition) is 1. The van der Waals surface area contributed by atoms with Gasteiger partial charge in [0.25, 0.3) is 0 Å². The van der Waals surface area contributed by atoms with E-state index in [1.165, 1.54) is 4.31 Å². The van der Waals surface area contributed by atoms with Crippen LogP contribution in [0.2, 0.25) is 0 Å². The van der Waals surface area contributed by atoms with Gasteiger partial charge in [-0.05, 0) is 20.8 Å². The van der Waals surface area contributed by atoms with Crippen LogP contribution < -0.4 is 0 Å². The molecule has 1 aromatic heterocycles. The molecule has 1 fully saturated rings. The predicted octanol–water partition coefficient (Wildman–Crippen LogP) is 0.798. The highest BCUT2D eigenvalue weighted by molar-refractivity contribution is 7.89. The number of nitrogens with zero attached hydrogens (tertiary/aromatic N) is 1. The highest BCUT2D eigenvalue weighted by atomic mass is 32.2. The van der Waals surface area contributed by atoms with E-state index in [1.807, 2.05) is 6.92 Å². The number of aryl methyl sites for hydroxylation is 2. The predicted molar refractivity (Wildman–Crippen MR) is 68.3 cm³/mol. The topological polar surface area (TPSA) is 80.0 Å². The standard InChI is InChI=1S/C12H19NO5S/c1-8-6-13(4-5-17-8)19(15,16)12-10(3)18-9(2)11(12)7-14/h8,14H,4-7H2,1-3H3. The van der Waals surface area contributed by atoms with Crippen LogP contribution in [0.4, 0.5) is 0 Å². The second kappa shape index (κ2) is 5.24. The van der Waals surface area contributed by atoms with E-state index in [0.717, 1.165) is 0 Å². The van der Waals surface area contributed by atoms with Crippen LogP contribution >= 0.6 is 0 Å².